The first-order valence-electron chi connectivity index (χ1n) is 8.50. The lowest BCUT2D eigenvalue weighted by atomic mass is 9.85. The zero-order valence-electron chi connectivity index (χ0n) is 14.3. The Kier molecular flexibility index (Phi) is 4.79. The number of phenols is 2. The molecule has 7 heteroatoms. The number of rotatable bonds is 4. The van der Waals surface area contributed by atoms with Gasteiger partial charge in [-0.15, -0.1) is 0 Å². The molecule has 0 bridgehead atoms. The Morgan fingerprint density at radius 3 is 2.59 bits per heavy atom. The molecule has 0 radical (unpaired) electrons. The monoisotopic (exact) mass is 431 g/mol. The molecule has 6 nitrogen and oxygen atoms in total. The lowest BCUT2D eigenvalue weighted by Crippen LogP contribution is -2.55. The summed E-state index contributed by atoms with van der Waals surface area (Å²) in [4.78, 5) is 0. The van der Waals surface area contributed by atoms with Crippen molar-refractivity contribution < 1.29 is 37.3 Å². The van der Waals surface area contributed by atoms with Gasteiger partial charge in [0.25, 0.3) is 0 Å². The molecule has 3 aromatic carbocycles. The van der Waals surface area contributed by atoms with Crippen molar-refractivity contribution in [1.29, 1.82) is 0 Å². The van der Waals surface area contributed by atoms with Crippen LogP contribution in [0.2, 0.25) is 0 Å². The summed E-state index contributed by atoms with van der Waals surface area (Å²) in [6.07, 6.45) is 0.842. The number of hydrogen-bond acceptors (Lipinski definition) is 6. The molecule has 1 heterocycles. The van der Waals surface area contributed by atoms with Gasteiger partial charge in [0.05, 0.1) is 0 Å². The van der Waals surface area contributed by atoms with Crippen LogP contribution in [0.1, 0.15) is 16.7 Å². The van der Waals surface area contributed by atoms with Gasteiger partial charge in [0.1, 0.15) is 0 Å². The molecule has 0 saturated carbocycles. The first-order valence-corrected chi connectivity index (χ1v) is 10.4. The summed E-state index contributed by atoms with van der Waals surface area (Å²) in [6, 6.07) is 16.6. The lowest BCUT2D eigenvalue weighted by Gasteiger charge is -2.34. The molecule has 0 aromatic heterocycles. The normalized spacial score (nSPS) is 19.4. The summed E-state index contributed by atoms with van der Waals surface area (Å²) in [5.41, 5.74) is 0.853. The minimum absolute atomic E-state index is 0.232. The van der Waals surface area contributed by atoms with Crippen LogP contribution in [0, 0.1) is 14.8 Å². The van der Waals surface area contributed by atoms with E-state index in [9.17, 15) is 18.6 Å². The fourth-order valence-corrected chi connectivity index (χ4v) is 4.63. The fourth-order valence-electron chi connectivity index (χ4n) is 3.77. The van der Waals surface area contributed by atoms with Crippen LogP contribution in [0.15, 0.2) is 54.6 Å². The summed E-state index contributed by atoms with van der Waals surface area (Å²) in [5, 5.41) is 25.1. The predicted molar refractivity (Wildman–Crippen MR) is 91.9 cm³/mol. The van der Waals surface area contributed by atoms with Crippen LogP contribution in [0.4, 0.5) is 0 Å². The molecule has 0 saturated heterocycles. The van der Waals surface area contributed by atoms with Crippen LogP contribution >= 0.6 is 0 Å². The molecule has 1 atom stereocenters. The summed E-state index contributed by atoms with van der Waals surface area (Å²) in [7, 11) is 0. The second-order valence-corrected chi connectivity index (χ2v) is 7.70. The van der Waals surface area contributed by atoms with E-state index in [2.05, 4.69) is 5.32 Å². The molecule has 0 fully saturated rings. The summed E-state index contributed by atoms with van der Waals surface area (Å²) in [6.45, 7) is 0.484. The highest BCUT2D eigenvalue weighted by molar-refractivity contribution is 5.85. The van der Waals surface area contributed by atoms with E-state index in [-0.39, 0.29) is 17.9 Å². The molecule has 140 valence electrons. The van der Waals surface area contributed by atoms with Gasteiger partial charge in [0.15, 0.2) is 11.5 Å². The van der Waals surface area contributed by atoms with Gasteiger partial charge in [-0.3, -0.25) is 5.32 Å². The number of fused-ring (bicyclic) bond motifs is 2. The minimum atomic E-state index is -3.56. The average Bonchev–Trinajstić information content (AvgIpc) is 2.63. The number of halogens is 1. The SMILES string of the molecule is [O-][Br+2]([O-])O[C@]1(Cc2cccc3ccccc23)NCCc2cc(O)c(O)cc21. The standard InChI is InChI=1S/C20H18BrNO5/c23-18-10-14-8-9-22-20(27-21(25)26,17(14)11-19(18)24)12-15-6-3-5-13-4-1-2-7-16(13)15/h1-7,10-11,22-24H,8-9,12H2/t20-/m0/s1. The maximum Gasteiger partial charge on any atom is 0.439 e. The molecule has 0 aliphatic carbocycles. The Morgan fingerprint density at radius 1 is 1.04 bits per heavy atom. The van der Waals surface area contributed by atoms with Crippen molar-refractivity contribution in [2.24, 2.45) is 0 Å². The van der Waals surface area contributed by atoms with Gasteiger partial charge in [0, 0.05) is 22.4 Å². The van der Waals surface area contributed by atoms with E-state index in [0.29, 0.717) is 18.5 Å². The van der Waals surface area contributed by atoms with E-state index < -0.39 is 20.5 Å². The topological polar surface area (TPSA) is 108 Å². The van der Waals surface area contributed by atoms with E-state index in [1.54, 1.807) is 0 Å². The van der Waals surface area contributed by atoms with Gasteiger partial charge in [-0.1, -0.05) is 42.5 Å². The Bertz CT molecular complexity index is 988. The summed E-state index contributed by atoms with van der Waals surface area (Å²) in [5.74, 6) is -0.543. The molecule has 1 aliphatic heterocycles. The van der Waals surface area contributed by atoms with Gasteiger partial charge in [-0.25, -0.2) is 0 Å². The number of phenolic OH excluding ortho intramolecular Hbond substituents is 2. The Hall–Kier alpha value is -2.16. The van der Waals surface area contributed by atoms with Crippen molar-refractivity contribution in [1.82, 2.24) is 5.32 Å². The third-order valence-electron chi connectivity index (χ3n) is 4.95. The first kappa shape index (κ1) is 18.2. The Balaban J connectivity index is 1.87. The Labute approximate surface area is 161 Å². The van der Waals surface area contributed by atoms with Crippen LogP contribution in [0.25, 0.3) is 10.8 Å². The zero-order chi connectivity index (χ0) is 19.0. The van der Waals surface area contributed by atoms with Crippen molar-refractivity contribution in [3.63, 3.8) is 0 Å². The number of hydrogen-bond donors (Lipinski definition) is 3. The molecule has 0 amide bonds. The predicted octanol–water partition coefficient (Wildman–Crippen LogP) is 0.895. The highest BCUT2D eigenvalue weighted by Gasteiger charge is 2.47. The van der Waals surface area contributed by atoms with E-state index in [1.165, 1.54) is 12.1 Å². The van der Waals surface area contributed by atoms with E-state index in [4.69, 9.17) is 3.83 Å². The van der Waals surface area contributed by atoms with Crippen molar-refractivity contribution in [2.75, 3.05) is 6.54 Å². The first-order chi connectivity index (χ1) is 13.0. The Morgan fingerprint density at radius 2 is 1.78 bits per heavy atom. The van der Waals surface area contributed by atoms with Crippen LogP contribution in [-0.2, 0) is 22.4 Å². The van der Waals surface area contributed by atoms with Crippen LogP contribution in [-0.4, -0.2) is 16.8 Å². The molecular formula is C20H18BrNO5. The van der Waals surface area contributed by atoms with Crippen molar-refractivity contribution in [3.05, 3.63) is 71.3 Å². The van der Waals surface area contributed by atoms with Crippen molar-refractivity contribution >= 4 is 10.8 Å². The quantitative estimate of drug-likeness (QED) is 0.529. The smallest absolute Gasteiger partial charge is 0.439 e. The number of nitrogens with one attached hydrogen (secondary N) is 1. The maximum absolute atomic E-state index is 11.6. The zero-order valence-corrected chi connectivity index (χ0v) is 15.9. The lowest BCUT2D eigenvalue weighted by molar-refractivity contribution is -1.63. The van der Waals surface area contributed by atoms with Gasteiger partial charge in [-0.2, -0.15) is 0 Å². The molecule has 27 heavy (non-hydrogen) atoms. The second kappa shape index (κ2) is 7.10. The third-order valence-corrected chi connectivity index (χ3v) is 5.77. The highest BCUT2D eigenvalue weighted by Crippen LogP contribution is 2.40. The number of benzene rings is 3. The molecule has 3 N–H and O–H groups in total. The second-order valence-electron chi connectivity index (χ2n) is 6.58. The fraction of sp³-hybridized carbons (Fsp3) is 0.200. The van der Waals surface area contributed by atoms with Crippen LogP contribution < -0.4 is 13.7 Å². The molecular weight excluding hydrogens is 414 g/mol. The molecule has 0 unspecified atom stereocenters. The minimum Gasteiger partial charge on any atom is -0.504 e. The van der Waals surface area contributed by atoms with Crippen LogP contribution in [0.5, 0.6) is 11.5 Å². The molecule has 4 rings (SSSR count). The van der Waals surface area contributed by atoms with Crippen molar-refractivity contribution in [3.8, 4) is 11.5 Å². The summed E-state index contributed by atoms with van der Waals surface area (Å²) < 4.78 is 28.6. The van der Waals surface area contributed by atoms with E-state index in [0.717, 1.165) is 21.9 Å². The highest BCUT2D eigenvalue weighted by atomic mass is 80.0. The van der Waals surface area contributed by atoms with E-state index >= 15 is 0 Å². The maximum atomic E-state index is 11.6. The van der Waals surface area contributed by atoms with Gasteiger partial charge >= 0.3 is 14.8 Å². The van der Waals surface area contributed by atoms with E-state index in [1.807, 2.05) is 42.5 Å². The molecule has 1 aliphatic rings. The molecule has 0 spiro atoms. The third kappa shape index (κ3) is 3.40. The van der Waals surface area contributed by atoms with Crippen LogP contribution in [0.3, 0.4) is 0 Å². The van der Waals surface area contributed by atoms with Gasteiger partial charge in [-0.05, 0) is 40.5 Å². The van der Waals surface area contributed by atoms with Gasteiger partial charge < -0.3 is 18.6 Å². The largest absolute Gasteiger partial charge is 0.504 e. The average molecular weight is 432 g/mol. The van der Waals surface area contributed by atoms with Crippen molar-refractivity contribution in [2.45, 2.75) is 18.6 Å². The number of aromatic hydroxyl groups is 2. The summed E-state index contributed by atoms with van der Waals surface area (Å²) >= 11 is -3.56. The van der Waals surface area contributed by atoms with Gasteiger partial charge in [0.2, 0.25) is 5.72 Å². The molecule has 3 aromatic rings.